The van der Waals surface area contributed by atoms with Crippen molar-refractivity contribution in [2.75, 3.05) is 27.4 Å². The van der Waals surface area contributed by atoms with Crippen molar-refractivity contribution in [2.24, 2.45) is 0 Å². The van der Waals surface area contributed by atoms with Crippen LogP contribution in [0.1, 0.15) is 23.6 Å². The molecule has 1 aliphatic rings. The number of benzene rings is 2. The molecule has 2 aromatic rings. The van der Waals surface area contributed by atoms with Gasteiger partial charge in [-0.2, -0.15) is 0 Å². The number of amides is 2. The Bertz CT molecular complexity index is 794. The number of carbonyl (C=O) groups is 1. The highest BCUT2D eigenvalue weighted by molar-refractivity contribution is 5.73. The van der Waals surface area contributed by atoms with Crippen LogP contribution in [0.2, 0.25) is 0 Å². The summed E-state index contributed by atoms with van der Waals surface area (Å²) in [5.74, 6) is 1.48. The molecule has 0 saturated heterocycles. The van der Waals surface area contributed by atoms with E-state index < -0.39 is 0 Å². The van der Waals surface area contributed by atoms with Gasteiger partial charge in [0.2, 0.25) is 6.79 Å². The SMILES string of the molecule is CCN(C)Cc1cccc(CNC(=O)N(C)Cc2ccc3c(c2)OCO3)c1. The second-order valence-corrected chi connectivity index (χ2v) is 6.85. The third-order valence-electron chi connectivity index (χ3n) is 4.63. The van der Waals surface area contributed by atoms with Gasteiger partial charge in [0.05, 0.1) is 0 Å². The van der Waals surface area contributed by atoms with Crippen LogP contribution in [0.15, 0.2) is 42.5 Å². The summed E-state index contributed by atoms with van der Waals surface area (Å²) < 4.78 is 10.7. The van der Waals surface area contributed by atoms with Crippen LogP contribution in [0.5, 0.6) is 11.5 Å². The van der Waals surface area contributed by atoms with Crippen molar-refractivity contribution in [1.29, 1.82) is 0 Å². The van der Waals surface area contributed by atoms with Gasteiger partial charge in [-0.1, -0.05) is 37.3 Å². The van der Waals surface area contributed by atoms with E-state index in [9.17, 15) is 4.79 Å². The number of nitrogens with one attached hydrogen (secondary N) is 1. The van der Waals surface area contributed by atoms with E-state index in [2.05, 4.69) is 36.3 Å². The maximum atomic E-state index is 12.4. The highest BCUT2D eigenvalue weighted by Gasteiger charge is 2.15. The van der Waals surface area contributed by atoms with Crippen LogP contribution in [0, 0.1) is 0 Å². The Labute approximate surface area is 160 Å². The Kier molecular flexibility index (Phi) is 6.19. The molecule has 2 amide bonds. The summed E-state index contributed by atoms with van der Waals surface area (Å²) in [5, 5.41) is 2.98. The van der Waals surface area contributed by atoms with Crippen molar-refractivity contribution >= 4 is 6.03 Å². The van der Waals surface area contributed by atoms with Gasteiger partial charge in [-0.25, -0.2) is 4.79 Å². The van der Waals surface area contributed by atoms with Gasteiger partial charge in [0.1, 0.15) is 0 Å². The van der Waals surface area contributed by atoms with Gasteiger partial charge in [0.15, 0.2) is 11.5 Å². The molecule has 0 radical (unpaired) electrons. The molecule has 0 saturated carbocycles. The number of urea groups is 1. The van der Waals surface area contributed by atoms with Crippen molar-refractivity contribution in [3.8, 4) is 11.5 Å². The zero-order valence-corrected chi connectivity index (χ0v) is 16.2. The van der Waals surface area contributed by atoms with E-state index in [1.54, 1.807) is 11.9 Å². The number of ether oxygens (including phenoxy) is 2. The molecular weight excluding hydrogens is 342 g/mol. The molecule has 1 N–H and O–H groups in total. The van der Waals surface area contributed by atoms with Crippen molar-refractivity contribution < 1.29 is 14.3 Å². The normalized spacial score (nSPS) is 12.3. The van der Waals surface area contributed by atoms with E-state index >= 15 is 0 Å². The van der Waals surface area contributed by atoms with E-state index in [1.807, 2.05) is 30.3 Å². The Hall–Kier alpha value is -2.73. The molecule has 0 bridgehead atoms. The Morgan fingerprint density at radius 3 is 2.56 bits per heavy atom. The Morgan fingerprint density at radius 2 is 1.74 bits per heavy atom. The van der Waals surface area contributed by atoms with Gasteiger partial charge >= 0.3 is 6.03 Å². The molecule has 144 valence electrons. The first-order valence-electron chi connectivity index (χ1n) is 9.19. The Morgan fingerprint density at radius 1 is 1.00 bits per heavy atom. The van der Waals surface area contributed by atoms with Crippen LogP contribution in [-0.4, -0.2) is 43.3 Å². The van der Waals surface area contributed by atoms with Crippen LogP contribution in [0.25, 0.3) is 0 Å². The number of carbonyl (C=O) groups excluding carboxylic acids is 1. The monoisotopic (exact) mass is 369 g/mol. The number of nitrogens with zero attached hydrogens (tertiary/aromatic N) is 2. The topological polar surface area (TPSA) is 54.0 Å². The lowest BCUT2D eigenvalue weighted by molar-refractivity contribution is 0.174. The predicted molar refractivity (Wildman–Crippen MR) is 105 cm³/mol. The van der Waals surface area contributed by atoms with Gasteiger partial charge in [0.25, 0.3) is 0 Å². The summed E-state index contributed by atoms with van der Waals surface area (Å²) in [5.41, 5.74) is 3.35. The largest absolute Gasteiger partial charge is 0.454 e. The summed E-state index contributed by atoms with van der Waals surface area (Å²) in [7, 11) is 3.88. The first-order chi connectivity index (χ1) is 13.0. The minimum atomic E-state index is -0.108. The molecule has 2 aromatic carbocycles. The van der Waals surface area contributed by atoms with E-state index in [0.717, 1.165) is 35.7 Å². The molecule has 0 atom stereocenters. The van der Waals surface area contributed by atoms with E-state index in [0.29, 0.717) is 13.1 Å². The van der Waals surface area contributed by atoms with Crippen molar-refractivity contribution in [3.63, 3.8) is 0 Å². The highest BCUT2D eigenvalue weighted by Crippen LogP contribution is 2.32. The predicted octanol–water partition coefficient (Wildman–Crippen LogP) is 3.21. The second kappa shape index (κ2) is 8.77. The zero-order valence-electron chi connectivity index (χ0n) is 16.2. The quantitative estimate of drug-likeness (QED) is 0.814. The average Bonchev–Trinajstić information content (AvgIpc) is 3.14. The Balaban J connectivity index is 1.52. The molecule has 0 fully saturated rings. The maximum Gasteiger partial charge on any atom is 0.317 e. The molecule has 0 spiro atoms. The molecule has 6 nitrogen and oxygen atoms in total. The third kappa shape index (κ3) is 5.14. The average molecular weight is 369 g/mol. The molecule has 1 heterocycles. The first-order valence-corrected chi connectivity index (χ1v) is 9.19. The van der Waals surface area contributed by atoms with E-state index in [4.69, 9.17) is 9.47 Å². The number of hydrogen-bond donors (Lipinski definition) is 1. The fraction of sp³-hybridized carbons (Fsp3) is 0.381. The number of fused-ring (bicyclic) bond motifs is 1. The molecule has 27 heavy (non-hydrogen) atoms. The van der Waals surface area contributed by atoms with Gasteiger partial charge in [-0.05, 0) is 42.4 Å². The van der Waals surface area contributed by atoms with Crippen molar-refractivity contribution in [2.45, 2.75) is 26.6 Å². The van der Waals surface area contributed by atoms with Crippen LogP contribution in [-0.2, 0) is 19.6 Å². The van der Waals surface area contributed by atoms with Crippen molar-refractivity contribution in [3.05, 3.63) is 59.2 Å². The molecule has 0 unspecified atom stereocenters. The standard InChI is InChI=1S/C21H27N3O3/c1-4-23(2)13-17-7-5-6-16(10-17)12-22-21(25)24(3)14-18-8-9-19-20(11-18)27-15-26-19/h5-11H,4,12-15H2,1-3H3,(H,22,25). The first kappa shape index (κ1) is 19.0. The van der Waals surface area contributed by atoms with Crippen LogP contribution in [0.3, 0.4) is 0 Å². The summed E-state index contributed by atoms with van der Waals surface area (Å²) in [6.45, 7) is 5.31. The van der Waals surface area contributed by atoms with Gasteiger partial charge in [0, 0.05) is 26.7 Å². The molecule has 0 aliphatic carbocycles. The highest BCUT2D eigenvalue weighted by atomic mass is 16.7. The van der Waals surface area contributed by atoms with E-state index in [-0.39, 0.29) is 12.8 Å². The minimum absolute atomic E-state index is 0.108. The summed E-state index contributed by atoms with van der Waals surface area (Å²) in [4.78, 5) is 16.3. The molecule has 1 aliphatic heterocycles. The smallest absolute Gasteiger partial charge is 0.317 e. The van der Waals surface area contributed by atoms with Gasteiger partial charge < -0.3 is 24.6 Å². The van der Waals surface area contributed by atoms with Crippen molar-refractivity contribution in [1.82, 2.24) is 15.1 Å². The number of hydrogen-bond acceptors (Lipinski definition) is 4. The zero-order chi connectivity index (χ0) is 19.2. The number of rotatable bonds is 7. The van der Waals surface area contributed by atoms with Crippen LogP contribution >= 0.6 is 0 Å². The maximum absolute atomic E-state index is 12.4. The van der Waals surface area contributed by atoms with Gasteiger partial charge in [-0.15, -0.1) is 0 Å². The lowest BCUT2D eigenvalue weighted by atomic mass is 10.1. The van der Waals surface area contributed by atoms with Gasteiger partial charge in [-0.3, -0.25) is 0 Å². The summed E-state index contributed by atoms with van der Waals surface area (Å²) in [6.07, 6.45) is 0. The molecular formula is C21H27N3O3. The fourth-order valence-corrected chi connectivity index (χ4v) is 2.96. The lowest BCUT2D eigenvalue weighted by Crippen LogP contribution is -2.36. The lowest BCUT2D eigenvalue weighted by Gasteiger charge is -2.19. The minimum Gasteiger partial charge on any atom is -0.454 e. The molecule has 0 aromatic heterocycles. The molecule has 6 heteroatoms. The molecule has 3 rings (SSSR count). The van der Waals surface area contributed by atoms with Crippen LogP contribution in [0.4, 0.5) is 4.79 Å². The van der Waals surface area contributed by atoms with E-state index in [1.165, 1.54) is 5.56 Å². The summed E-state index contributed by atoms with van der Waals surface area (Å²) >= 11 is 0. The third-order valence-corrected chi connectivity index (χ3v) is 4.63. The van der Waals surface area contributed by atoms with Crippen LogP contribution < -0.4 is 14.8 Å². The summed E-state index contributed by atoms with van der Waals surface area (Å²) in [6, 6.07) is 14.0. The second-order valence-electron chi connectivity index (χ2n) is 6.85. The fourth-order valence-electron chi connectivity index (χ4n) is 2.96.